The summed E-state index contributed by atoms with van der Waals surface area (Å²) in [6.45, 7) is 1.07. The summed E-state index contributed by atoms with van der Waals surface area (Å²) in [5, 5.41) is 7.25. The molecule has 9 nitrogen and oxygen atoms in total. The molecule has 3 aromatic heterocycles. The maximum absolute atomic E-state index is 13.4. The van der Waals surface area contributed by atoms with Crippen LogP contribution < -0.4 is 10.9 Å². The Morgan fingerprint density at radius 3 is 2.51 bits per heavy atom. The molecule has 1 N–H and O–H groups in total. The molecule has 0 aromatic carbocycles. The van der Waals surface area contributed by atoms with E-state index in [2.05, 4.69) is 15.4 Å². The number of anilines is 1. The van der Waals surface area contributed by atoms with E-state index in [9.17, 15) is 18.8 Å². The van der Waals surface area contributed by atoms with Gasteiger partial charge in [0.25, 0.3) is 11.5 Å². The summed E-state index contributed by atoms with van der Waals surface area (Å²) in [6, 6.07) is 4.44. The molecule has 10 heteroatoms. The quantitative estimate of drug-likeness (QED) is 0.604. The van der Waals surface area contributed by atoms with Gasteiger partial charge in [0.15, 0.2) is 0 Å². The number of carbonyl (C=O) groups excluding carboxylic acids is 2. The van der Waals surface area contributed by atoms with Crippen molar-refractivity contribution < 1.29 is 14.0 Å². The number of amides is 2. The van der Waals surface area contributed by atoms with Gasteiger partial charge in [0, 0.05) is 31.3 Å². The number of carbonyl (C=O) groups is 2. The number of piperidine rings is 1. The van der Waals surface area contributed by atoms with E-state index >= 15 is 0 Å². The Hall–Kier alpha value is -3.56. The first kappa shape index (κ1) is 23.2. The van der Waals surface area contributed by atoms with Crippen molar-refractivity contribution in [2.75, 3.05) is 18.4 Å². The van der Waals surface area contributed by atoms with Gasteiger partial charge in [-0.15, -0.1) is 0 Å². The second-order valence-corrected chi connectivity index (χ2v) is 9.41. The van der Waals surface area contributed by atoms with Gasteiger partial charge in [-0.25, -0.2) is 9.37 Å². The van der Waals surface area contributed by atoms with Crippen LogP contribution in [0.2, 0.25) is 0 Å². The van der Waals surface area contributed by atoms with Crippen LogP contribution >= 0.6 is 0 Å². The third kappa shape index (κ3) is 4.96. The molecule has 2 amide bonds. The minimum Gasteiger partial charge on any atom is -0.338 e. The Morgan fingerprint density at radius 2 is 1.80 bits per heavy atom. The van der Waals surface area contributed by atoms with Crippen LogP contribution in [0.3, 0.4) is 0 Å². The zero-order chi connectivity index (χ0) is 24.4. The van der Waals surface area contributed by atoms with E-state index in [0.29, 0.717) is 18.7 Å². The van der Waals surface area contributed by atoms with Crippen LogP contribution in [0.1, 0.15) is 73.3 Å². The molecular weight excluding hydrogens is 451 g/mol. The van der Waals surface area contributed by atoms with Crippen LogP contribution in [0, 0.1) is 5.82 Å². The molecular formula is C25H29FN6O3. The maximum atomic E-state index is 13.4. The smallest absolute Gasteiger partial charge is 0.287 e. The highest BCUT2D eigenvalue weighted by molar-refractivity contribution is 5.94. The summed E-state index contributed by atoms with van der Waals surface area (Å²) in [5.41, 5.74) is 0.826. The molecule has 35 heavy (non-hydrogen) atoms. The average Bonchev–Trinajstić information content (AvgIpc) is 3.34. The molecule has 0 bridgehead atoms. The van der Waals surface area contributed by atoms with E-state index in [0.717, 1.165) is 56.8 Å². The van der Waals surface area contributed by atoms with Crippen molar-refractivity contribution in [1.29, 1.82) is 0 Å². The monoisotopic (exact) mass is 480 g/mol. The Labute approximate surface area is 202 Å². The van der Waals surface area contributed by atoms with Gasteiger partial charge >= 0.3 is 0 Å². The lowest BCUT2D eigenvalue weighted by atomic mass is 9.87. The van der Waals surface area contributed by atoms with E-state index in [-0.39, 0.29) is 29.8 Å². The van der Waals surface area contributed by atoms with Crippen molar-refractivity contribution >= 4 is 23.3 Å². The predicted octanol–water partition coefficient (Wildman–Crippen LogP) is 3.34. The average molecular weight is 481 g/mol. The molecule has 1 aliphatic heterocycles. The van der Waals surface area contributed by atoms with Gasteiger partial charge in [0.1, 0.15) is 29.4 Å². The van der Waals surface area contributed by atoms with Crippen LogP contribution in [0.25, 0.3) is 5.65 Å². The number of nitrogens with one attached hydrogen (secondary N) is 1. The minimum atomic E-state index is -0.500. The Balaban J connectivity index is 1.51. The highest BCUT2D eigenvalue weighted by Crippen LogP contribution is 2.32. The van der Waals surface area contributed by atoms with E-state index in [1.165, 1.54) is 29.3 Å². The van der Waals surface area contributed by atoms with Crippen LogP contribution in [0.15, 0.2) is 35.4 Å². The molecule has 4 heterocycles. The number of likely N-dealkylation sites (tertiary alicyclic amines) is 1. The van der Waals surface area contributed by atoms with Gasteiger partial charge in [0.2, 0.25) is 5.91 Å². The molecule has 1 saturated heterocycles. The van der Waals surface area contributed by atoms with Crippen molar-refractivity contribution in [3.8, 4) is 0 Å². The normalized spacial score (nSPS) is 17.0. The molecule has 0 radical (unpaired) electrons. The standard InChI is InChI=1S/C25H29FN6O3/c26-18-9-10-21(27-14-18)28-22(33)16-31-15-19(24(34)30-11-5-2-6-12-30)25(35)32-23(31)13-20(29-32)17-7-3-1-4-8-17/h9-10,13-15,17H,1-8,11-12,16H2,(H,27,28,33). The van der Waals surface area contributed by atoms with Crippen molar-refractivity contribution in [2.45, 2.75) is 63.8 Å². The first-order valence-corrected chi connectivity index (χ1v) is 12.3. The third-order valence-corrected chi connectivity index (χ3v) is 6.92. The number of halogens is 1. The molecule has 184 valence electrons. The molecule has 2 fully saturated rings. The van der Waals surface area contributed by atoms with Crippen LogP contribution in [0.5, 0.6) is 0 Å². The predicted molar refractivity (Wildman–Crippen MR) is 128 cm³/mol. The van der Waals surface area contributed by atoms with E-state index in [1.807, 2.05) is 6.07 Å². The van der Waals surface area contributed by atoms with Crippen molar-refractivity contribution in [3.63, 3.8) is 0 Å². The van der Waals surface area contributed by atoms with Crippen molar-refractivity contribution in [2.24, 2.45) is 0 Å². The molecule has 3 aromatic rings. The molecule has 0 spiro atoms. The van der Waals surface area contributed by atoms with Crippen molar-refractivity contribution in [1.82, 2.24) is 24.1 Å². The number of rotatable bonds is 5. The van der Waals surface area contributed by atoms with Gasteiger partial charge in [0.05, 0.1) is 11.9 Å². The summed E-state index contributed by atoms with van der Waals surface area (Å²) in [7, 11) is 0. The molecule has 2 aliphatic rings. The van der Waals surface area contributed by atoms with Gasteiger partial charge in [-0.05, 0) is 44.2 Å². The van der Waals surface area contributed by atoms with Gasteiger partial charge < -0.3 is 14.8 Å². The molecule has 5 rings (SSSR count). The number of hydrogen-bond donors (Lipinski definition) is 1. The second kappa shape index (κ2) is 9.97. The van der Waals surface area contributed by atoms with Crippen LogP contribution in [-0.2, 0) is 11.3 Å². The summed E-state index contributed by atoms with van der Waals surface area (Å²) in [4.78, 5) is 45.0. The molecule has 0 unspecified atom stereocenters. The maximum Gasteiger partial charge on any atom is 0.287 e. The highest BCUT2D eigenvalue weighted by atomic mass is 19.1. The summed E-state index contributed by atoms with van der Waals surface area (Å²) >= 11 is 0. The van der Waals surface area contributed by atoms with Crippen LogP contribution in [0.4, 0.5) is 10.2 Å². The number of hydrogen-bond acceptors (Lipinski definition) is 5. The van der Waals surface area contributed by atoms with Gasteiger partial charge in [-0.1, -0.05) is 19.3 Å². The minimum absolute atomic E-state index is 0.00500. The third-order valence-electron chi connectivity index (χ3n) is 6.92. The molecule has 1 saturated carbocycles. The lowest BCUT2D eigenvalue weighted by Gasteiger charge is -2.26. The zero-order valence-electron chi connectivity index (χ0n) is 19.6. The number of fused-ring (bicyclic) bond motifs is 1. The fourth-order valence-corrected chi connectivity index (χ4v) is 5.06. The van der Waals surface area contributed by atoms with Gasteiger partial charge in [-0.3, -0.25) is 14.4 Å². The summed E-state index contributed by atoms with van der Waals surface area (Å²) < 4.78 is 16.0. The number of pyridine rings is 1. The first-order chi connectivity index (χ1) is 17.0. The lowest BCUT2D eigenvalue weighted by molar-refractivity contribution is -0.116. The Bertz CT molecular complexity index is 1290. The molecule has 0 atom stereocenters. The van der Waals surface area contributed by atoms with E-state index in [1.54, 1.807) is 9.47 Å². The fourth-order valence-electron chi connectivity index (χ4n) is 5.06. The Morgan fingerprint density at radius 1 is 1.06 bits per heavy atom. The van der Waals surface area contributed by atoms with Crippen molar-refractivity contribution in [3.05, 3.63) is 58.0 Å². The SMILES string of the molecule is O=C(Cn1cc(C(=O)N2CCCCC2)c(=O)n2nc(C3CCCCC3)cc12)Nc1ccc(F)cn1. The largest absolute Gasteiger partial charge is 0.338 e. The molecule has 1 aliphatic carbocycles. The second-order valence-electron chi connectivity index (χ2n) is 9.41. The Kier molecular flexibility index (Phi) is 6.61. The topological polar surface area (TPSA) is 102 Å². The lowest BCUT2D eigenvalue weighted by Crippen LogP contribution is -2.40. The van der Waals surface area contributed by atoms with Gasteiger partial charge in [-0.2, -0.15) is 9.61 Å². The van der Waals surface area contributed by atoms with E-state index < -0.39 is 17.3 Å². The summed E-state index contributed by atoms with van der Waals surface area (Å²) in [5.74, 6) is -0.767. The zero-order valence-corrected chi connectivity index (χ0v) is 19.6. The number of aromatic nitrogens is 4. The fraction of sp³-hybridized carbons (Fsp3) is 0.480. The highest BCUT2D eigenvalue weighted by Gasteiger charge is 2.26. The van der Waals surface area contributed by atoms with E-state index in [4.69, 9.17) is 0 Å². The summed E-state index contributed by atoms with van der Waals surface area (Å²) in [6.07, 6.45) is 10.8. The van der Waals surface area contributed by atoms with Crippen LogP contribution in [-0.4, -0.2) is 49.0 Å². The number of nitrogens with zero attached hydrogens (tertiary/aromatic N) is 5. The first-order valence-electron chi connectivity index (χ1n) is 12.3.